The summed E-state index contributed by atoms with van der Waals surface area (Å²) in [6.07, 6.45) is -2.70. The van der Waals surface area contributed by atoms with E-state index < -0.39 is 23.5 Å². The third-order valence-electron chi connectivity index (χ3n) is 4.26. The Morgan fingerprint density at radius 3 is 2.36 bits per heavy atom. The summed E-state index contributed by atoms with van der Waals surface area (Å²) in [5.41, 5.74) is 4.51. The van der Waals surface area contributed by atoms with E-state index in [0.29, 0.717) is 29.7 Å². The van der Waals surface area contributed by atoms with Crippen LogP contribution < -0.4 is 11.1 Å². The number of thiophene rings is 1. The summed E-state index contributed by atoms with van der Waals surface area (Å²) in [4.78, 5) is 14.6. The molecule has 0 bridgehead atoms. The number of aromatic nitrogens is 1. The average Bonchev–Trinajstić information content (AvgIpc) is 3.17. The number of pyridine rings is 1. The third kappa shape index (κ3) is 4.99. The average molecular weight is 419 g/mol. The number of nitrogens with two attached hydrogens (primary N) is 1. The van der Waals surface area contributed by atoms with Crippen LogP contribution in [-0.2, 0) is 24.6 Å². The van der Waals surface area contributed by atoms with Gasteiger partial charge in [0.1, 0.15) is 11.5 Å². The zero-order chi connectivity index (χ0) is 21.3. The van der Waals surface area contributed by atoms with Gasteiger partial charge in [-0.2, -0.15) is 13.2 Å². The second-order valence-electron chi connectivity index (χ2n) is 6.92. The number of urea groups is 1. The van der Waals surface area contributed by atoms with E-state index >= 15 is 0 Å². The molecule has 0 unspecified atom stereocenters. The number of aliphatic hydroxyl groups is 1. The minimum atomic E-state index is -4.53. The molecule has 0 aromatic carbocycles. The molecular weight excluding hydrogens is 398 g/mol. The maximum Gasteiger partial charge on any atom is 0.433 e. The first-order chi connectivity index (χ1) is 12.8. The van der Waals surface area contributed by atoms with E-state index in [9.17, 15) is 27.5 Å². The molecule has 0 fully saturated rings. The first-order valence-corrected chi connectivity index (χ1v) is 9.37. The molecule has 0 aliphatic heterocycles. The number of primary amides is 1. The minimum absolute atomic E-state index is 0.0815. The number of amides is 2. The van der Waals surface area contributed by atoms with Gasteiger partial charge in [0.05, 0.1) is 11.3 Å². The number of aryl methyl sites for hydroxylation is 1. The van der Waals surface area contributed by atoms with Crippen LogP contribution in [0.5, 0.6) is 0 Å². The van der Waals surface area contributed by atoms with E-state index in [1.165, 1.54) is 23.6 Å². The van der Waals surface area contributed by atoms with Gasteiger partial charge in [0.2, 0.25) is 0 Å². The van der Waals surface area contributed by atoms with Crippen molar-refractivity contribution in [2.75, 3.05) is 5.32 Å². The molecule has 1 aliphatic carbocycles. The van der Waals surface area contributed by atoms with Crippen LogP contribution in [0.25, 0.3) is 0 Å². The number of anilines is 1. The highest BCUT2D eigenvalue weighted by atomic mass is 32.1. The number of fused-ring (bicyclic) bond motifs is 1. The van der Waals surface area contributed by atoms with Gasteiger partial charge in [-0.05, 0) is 51.0 Å². The first-order valence-electron chi connectivity index (χ1n) is 8.43. The topological polar surface area (TPSA) is 88.2 Å². The predicted molar refractivity (Wildman–Crippen MR) is 98.7 cm³/mol. The van der Waals surface area contributed by atoms with Crippen molar-refractivity contribution in [2.45, 2.75) is 51.8 Å². The molecule has 1 aliphatic rings. The van der Waals surface area contributed by atoms with E-state index in [-0.39, 0.29) is 17.1 Å². The smallest absolute Gasteiger partial charge is 0.386 e. The van der Waals surface area contributed by atoms with E-state index in [1.54, 1.807) is 19.2 Å². The van der Waals surface area contributed by atoms with Crippen molar-refractivity contribution >= 4 is 23.1 Å². The number of nitrogens with zero attached hydrogens (tertiary/aromatic N) is 1. The van der Waals surface area contributed by atoms with Gasteiger partial charge in [0.25, 0.3) is 0 Å². The highest BCUT2D eigenvalue weighted by Gasteiger charge is 2.37. The van der Waals surface area contributed by atoms with Crippen LogP contribution in [0.15, 0.2) is 10.8 Å². The Hall–Kier alpha value is -2.20. The molecular formula is C18H21F4N3O2S. The summed E-state index contributed by atoms with van der Waals surface area (Å²) < 4.78 is 51.2. The number of rotatable bonds is 2. The monoisotopic (exact) mass is 419 g/mol. The molecule has 154 valence electrons. The molecule has 2 heterocycles. The predicted octanol–water partition coefficient (Wildman–Crippen LogP) is 4.50. The van der Waals surface area contributed by atoms with E-state index in [0.717, 1.165) is 6.42 Å². The van der Waals surface area contributed by atoms with Crippen molar-refractivity contribution in [2.24, 2.45) is 5.73 Å². The summed E-state index contributed by atoms with van der Waals surface area (Å²) in [6, 6.07) is -0.869. The second kappa shape index (κ2) is 8.04. The van der Waals surface area contributed by atoms with Gasteiger partial charge in [-0.25, -0.2) is 14.2 Å². The Labute approximate surface area is 163 Å². The molecule has 0 spiro atoms. The second-order valence-corrected chi connectivity index (χ2v) is 7.66. The molecule has 2 aromatic heterocycles. The molecule has 28 heavy (non-hydrogen) atoms. The highest BCUT2D eigenvalue weighted by Crippen LogP contribution is 2.38. The van der Waals surface area contributed by atoms with Crippen LogP contribution in [0.2, 0.25) is 0 Å². The number of nitrogens with one attached hydrogen (secondary N) is 1. The number of hydrogen-bond acceptors (Lipinski definition) is 4. The number of halogens is 4. The Morgan fingerprint density at radius 2 is 1.93 bits per heavy atom. The van der Waals surface area contributed by atoms with Gasteiger partial charge < -0.3 is 16.2 Å². The van der Waals surface area contributed by atoms with Crippen molar-refractivity contribution in [3.63, 3.8) is 0 Å². The van der Waals surface area contributed by atoms with Crippen LogP contribution >= 0.6 is 11.3 Å². The van der Waals surface area contributed by atoms with Gasteiger partial charge >= 0.3 is 12.2 Å². The highest BCUT2D eigenvalue weighted by molar-refractivity contribution is 7.08. The summed E-state index contributed by atoms with van der Waals surface area (Å²) >= 11 is 1.26. The summed E-state index contributed by atoms with van der Waals surface area (Å²) in [6.45, 7) is 4.43. The Balaban J connectivity index is 0.000000237. The number of carbonyl (C=O) groups excluding carboxylic acids is 1. The zero-order valence-corrected chi connectivity index (χ0v) is 16.4. The normalized spacial score (nSPS) is 13.6. The van der Waals surface area contributed by atoms with Crippen molar-refractivity contribution in [1.29, 1.82) is 0 Å². The van der Waals surface area contributed by atoms with Crippen LogP contribution in [0.1, 0.15) is 48.3 Å². The van der Waals surface area contributed by atoms with Gasteiger partial charge in [0.15, 0.2) is 0 Å². The lowest BCUT2D eigenvalue weighted by atomic mass is 10.0. The maximum atomic E-state index is 12.8. The quantitative estimate of drug-likeness (QED) is 0.626. The number of carbonyl (C=O) groups is 1. The van der Waals surface area contributed by atoms with Crippen molar-refractivity contribution < 1.29 is 27.5 Å². The molecule has 10 heteroatoms. The fourth-order valence-corrected chi connectivity index (χ4v) is 3.82. The first kappa shape index (κ1) is 22.1. The molecule has 0 atom stereocenters. The van der Waals surface area contributed by atoms with Gasteiger partial charge in [0, 0.05) is 22.2 Å². The third-order valence-corrected chi connectivity index (χ3v) is 4.97. The lowest BCUT2D eigenvalue weighted by Crippen LogP contribution is -2.23. The van der Waals surface area contributed by atoms with Crippen molar-refractivity contribution in [1.82, 2.24) is 4.98 Å². The minimum Gasteiger partial charge on any atom is -0.386 e. The van der Waals surface area contributed by atoms with Gasteiger partial charge in [-0.15, -0.1) is 11.3 Å². The number of alkyl halides is 3. The van der Waals surface area contributed by atoms with E-state index in [1.807, 2.05) is 0 Å². The standard InChI is InChI=1S/C11H12F3N3O.C7H9FOS/c1-5-8(17-10(15)18)6-3-2-4-7(6)16-9(5)11(12,13)14;1-7(2,9)5-3-10-4-6(5)8/h2-4H2,1H3,(H3,15,16,17,18);3-4,9H,1-2H3. The van der Waals surface area contributed by atoms with Gasteiger partial charge in [-0.1, -0.05) is 0 Å². The maximum absolute atomic E-state index is 12.8. The lowest BCUT2D eigenvalue weighted by Gasteiger charge is -2.17. The fraction of sp³-hybridized carbons (Fsp3) is 0.444. The Bertz CT molecular complexity index is 873. The van der Waals surface area contributed by atoms with Crippen molar-refractivity contribution in [3.05, 3.63) is 44.7 Å². The van der Waals surface area contributed by atoms with Crippen molar-refractivity contribution in [3.8, 4) is 0 Å². The summed E-state index contributed by atoms with van der Waals surface area (Å²) in [7, 11) is 0. The molecule has 2 amide bonds. The van der Waals surface area contributed by atoms with Crippen LogP contribution in [-0.4, -0.2) is 16.1 Å². The SMILES string of the molecule is CC(C)(O)c1cscc1F.Cc1c(C(F)(F)F)nc2c(c1NC(N)=O)CCC2. The van der Waals surface area contributed by atoms with E-state index in [2.05, 4.69) is 10.3 Å². The Morgan fingerprint density at radius 1 is 1.29 bits per heavy atom. The zero-order valence-electron chi connectivity index (χ0n) is 15.6. The Kier molecular flexibility index (Phi) is 6.34. The molecule has 4 N–H and O–H groups in total. The van der Waals surface area contributed by atoms with Crippen LogP contribution in [0.3, 0.4) is 0 Å². The van der Waals surface area contributed by atoms with E-state index in [4.69, 9.17) is 5.73 Å². The van der Waals surface area contributed by atoms with Gasteiger partial charge in [-0.3, -0.25) is 0 Å². The fourth-order valence-electron chi connectivity index (χ4n) is 2.97. The molecule has 5 nitrogen and oxygen atoms in total. The summed E-state index contributed by atoms with van der Waals surface area (Å²) in [5, 5.41) is 14.6. The lowest BCUT2D eigenvalue weighted by molar-refractivity contribution is -0.141. The largest absolute Gasteiger partial charge is 0.433 e. The summed E-state index contributed by atoms with van der Waals surface area (Å²) in [5.74, 6) is -0.322. The van der Waals surface area contributed by atoms with Crippen LogP contribution in [0, 0.1) is 12.7 Å². The molecule has 0 saturated carbocycles. The molecule has 0 saturated heterocycles. The van der Waals surface area contributed by atoms with Crippen LogP contribution in [0.4, 0.5) is 28.0 Å². The molecule has 2 aromatic rings. The number of hydrogen-bond donors (Lipinski definition) is 3. The molecule has 3 rings (SSSR count). The molecule has 0 radical (unpaired) electrons.